The van der Waals surface area contributed by atoms with E-state index in [1.807, 2.05) is 24.3 Å². The third-order valence-corrected chi connectivity index (χ3v) is 4.46. The van der Waals surface area contributed by atoms with Gasteiger partial charge in [0.1, 0.15) is 0 Å². The van der Waals surface area contributed by atoms with Gasteiger partial charge in [0.25, 0.3) is 0 Å². The Morgan fingerprint density at radius 3 is 2.44 bits per heavy atom. The van der Waals surface area contributed by atoms with Crippen LogP contribution in [-0.4, -0.2) is 21.6 Å². The maximum absolute atomic E-state index is 9.87. The quantitative estimate of drug-likeness (QED) is 0.850. The molecule has 1 aromatic rings. The summed E-state index contributed by atoms with van der Waals surface area (Å²) in [7, 11) is 0. The van der Waals surface area contributed by atoms with Crippen molar-refractivity contribution in [2.24, 2.45) is 0 Å². The van der Waals surface area contributed by atoms with Crippen molar-refractivity contribution in [1.29, 1.82) is 0 Å². The lowest BCUT2D eigenvalue weighted by Crippen LogP contribution is -2.26. The highest BCUT2D eigenvalue weighted by Gasteiger charge is 2.23. The number of aliphatic hydroxyl groups excluding tert-OH is 2. The molecule has 0 aliphatic heterocycles. The molecular weight excluding hydrogens is 220 g/mol. The van der Waals surface area contributed by atoms with Gasteiger partial charge in [0.2, 0.25) is 0 Å². The lowest BCUT2D eigenvalue weighted by molar-refractivity contribution is 0.137. The highest BCUT2D eigenvalue weighted by atomic mass is 32.2. The van der Waals surface area contributed by atoms with Crippen LogP contribution in [0.2, 0.25) is 0 Å². The fraction of sp³-hybridized carbons (Fsp3) is 0.538. The first-order valence-electron chi connectivity index (χ1n) is 5.84. The third-order valence-electron chi connectivity index (χ3n) is 3.06. The zero-order valence-corrected chi connectivity index (χ0v) is 10.1. The van der Waals surface area contributed by atoms with Gasteiger partial charge < -0.3 is 10.2 Å². The second-order valence-electron chi connectivity index (χ2n) is 4.31. The summed E-state index contributed by atoms with van der Waals surface area (Å²) in [6, 6.07) is 7.93. The minimum Gasteiger partial charge on any atom is -0.392 e. The SMILES string of the molecule is OCc1ccc(S[C@@H]2CCCC[C@H]2O)cc1. The first-order valence-corrected chi connectivity index (χ1v) is 6.72. The van der Waals surface area contributed by atoms with Crippen LogP contribution < -0.4 is 0 Å². The van der Waals surface area contributed by atoms with Gasteiger partial charge in [-0.3, -0.25) is 0 Å². The van der Waals surface area contributed by atoms with Gasteiger partial charge in [-0.05, 0) is 30.5 Å². The number of thioether (sulfide) groups is 1. The van der Waals surface area contributed by atoms with Gasteiger partial charge in [-0.1, -0.05) is 25.0 Å². The average Bonchev–Trinajstić information content (AvgIpc) is 2.33. The monoisotopic (exact) mass is 238 g/mol. The van der Waals surface area contributed by atoms with Crippen LogP contribution in [0.1, 0.15) is 31.2 Å². The summed E-state index contributed by atoms with van der Waals surface area (Å²) >= 11 is 1.76. The van der Waals surface area contributed by atoms with Crippen molar-refractivity contribution in [2.75, 3.05) is 0 Å². The van der Waals surface area contributed by atoms with Crippen molar-refractivity contribution in [3.8, 4) is 0 Å². The van der Waals surface area contributed by atoms with E-state index in [-0.39, 0.29) is 12.7 Å². The standard InChI is InChI=1S/C13H18O2S/c14-9-10-5-7-11(8-6-10)16-13-4-2-1-3-12(13)15/h5-8,12-15H,1-4,9H2/t12-,13-/m1/s1. The van der Waals surface area contributed by atoms with E-state index in [1.54, 1.807) is 11.8 Å². The second-order valence-corrected chi connectivity index (χ2v) is 5.62. The molecule has 3 heteroatoms. The summed E-state index contributed by atoms with van der Waals surface area (Å²) in [4.78, 5) is 1.18. The topological polar surface area (TPSA) is 40.5 Å². The van der Waals surface area contributed by atoms with Crippen molar-refractivity contribution < 1.29 is 10.2 Å². The summed E-state index contributed by atoms with van der Waals surface area (Å²) < 4.78 is 0. The molecule has 0 unspecified atom stereocenters. The lowest BCUT2D eigenvalue weighted by atomic mass is 9.97. The van der Waals surface area contributed by atoms with Crippen molar-refractivity contribution in [3.05, 3.63) is 29.8 Å². The van der Waals surface area contributed by atoms with Gasteiger partial charge >= 0.3 is 0 Å². The van der Waals surface area contributed by atoms with E-state index in [0.717, 1.165) is 24.8 Å². The van der Waals surface area contributed by atoms with Gasteiger partial charge in [0, 0.05) is 10.1 Å². The summed E-state index contributed by atoms with van der Waals surface area (Å²) in [5.41, 5.74) is 0.938. The zero-order chi connectivity index (χ0) is 11.4. The fourth-order valence-electron chi connectivity index (χ4n) is 2.06. The average molecular weight is 238 g/mol. The first-order chi connectivity index (χ1) is 7.79. The summed E-state index contributed by atoms with van der Waals surface area (Å²) in [6.07, 6.45) is 4.27. The van der Waals surface area contributed by atoms with Crippen LogP contribution in [-0.2, 0) is 6.61 Å². The molecule has 0 amide bonds. The highest BCUT2D eigenvalue weighted by Crippen LogP contribution is 2.33. The molecule has 0 heterocycles. The van der Waals surface area contributed by atoms with Gasteiger partial charge in [0.15, 0.2) is 0 Å². The number of hydrogen-bond acceptors (Lipinski definition) is 3. The predicted molar refractivity (Wildman–Crippen MR) is 66.5 cm³/mol. The Hall–Kier alpha value is -0.510. The molecule has 88 valence electrons. The molecule has 1 fully saturated rings. The molecule has 0 aromatic heterocycles. The van der Waals surface area contributed by atoms with Gasteiger partial charge in [-0.2, -0.15) is 0 Å². The Morgan fingerprint density at radius 1 is 1.12 bits per heavy atom. The molecule has 1 aliphatic carbocycles. The van der Waals surface area contributed by atoms with E-state index in [1.165, 1.54) is 11.3 Å². The molecule has 2 atom stereocenters. The van der Waals surface area contributed by atoms with Crippen molar-refractivity contribution >= 4 is 11.8 Å². The summed E-state index contributed by atoms with van der Waals surface area (Å²) in [5.74, 6) is 0. The van der Waals surface area contributed by atoms with Crippen LogP contribution in [0, 0.1) is 0 Å². The Labute approximate surface area is 101 Å². The third kappa shape index (κ3) is 3.00. The minimum absolute atomic E-state index is 0.0942. The van der Waals surface area contributed by atoms with E-state index in [2.05, 4.69) is 0 Å². The smallest absolute Gasteiger partial charge is 0.0681 e. The predicted octanol–water partition coefficient (Wildman–Crippen LogP) is 2.57. The maximum atomic E-state index is 9.87. The summed E-state index contributed by atoms with van der Waals surface area (Å²) in [5, 5.41) is 19.2. The van der Waals surface area contributed by atoms with Crippen LogP contribution in [0.3, 0.4) is 0 Å². The zero-order valence-electron chi connectivity index (χ0n) is 9.30. The molecule has 1 saturated carbocycles. The molecule has 2 nitrogen and oxygen atoms in total. The Balaban J connectivity index is 1.96. The minimum atomic E-state index is -0.156. The highest BCUT2D eigenvalue weighted by molar-refractivity contribution is 8.00. The molecular formula is C13H18O2S. The van der Waals surface area contributed by atoms with Crippen LogP contribution in [0.25, 0.3) is 0 Å². The van der Waals surface area contributed by atoms with E-state index < -0.39 is 0 Å². The maximum Gasteiger partial charge on any atom is 0.0681 e. The molecule has 0 spiro atoms. The van der Waals surface area contributed by atoms with E-state index in [0.29, 0.717) is 5.25 Å². The molecule has 0 saturated heterocycles. The normalized spacial score (nSPS) is 25.6. The number of rotatable bonds is 3. The van der Waals surface area contributed by atoms with E-state index >= 15 is 0 Å². The van der Waals surface area contributed by atoms with Crippen LogP contribution in [0.15, 0.2) is 29.2 Å². The summed E-state index contributed by atoms with van der Waals surface area (Å²) in [6.45, 7) is 0.0942. The van der Waals surface area contributed by atoms with Crippen molar-refractivity contribution in [2.45, 2.75) is 48.5 Å². The number of aliphatic hydroxyl groups is 2. The fourth-order valence-corrected chi connectivity index (χ4v) is 3.28. The number of benzene rings is 1. The Bertz CT molecular complexity index is 323. The molecule has 2 N–H and O–H groups in total. The van der Waals surface area contributed by atoms with Gasteiger partial charge in [-0.25, -0.2) is 0 Å². The molecule has 2 rings (SSSR count). The van der Waals surface area contributed by atoms with Crippen molar-refractivity contribution in [3.63, 3.8) is 0 Å². The van der Waals surface area contributed by atoms with Crippen LogP contribution in [0.5, 0.6) is 0 Å². The Kier molecular flexibility index (Phi) is 4.27. The lowest BCUT2D eigenvalue weighted by Gasteiger charge is -2.26. The molecule has 16 heavy (non-hydrogen) atoms. The van der Waals surface area contributed by atoms with E-state index in [4.69, 9.17) is 5.11 Å². The number of hydrogen-bond donors (Lipinski definition) is 2. The second kappa shape index (κ2) is 5.71. The van der Waals surface area contributed by atoms with Crippen molar-refractivity contribution in [1.82, 2.24) is 0 Å². The molecule has 0 radical (unpaired) electrons. The largest absolute Gasteiger partial charge is 0.392 e. The van der Waals surface area contributed by atoms with Crippen LogP contribution >= 0.6 is 11.8 Å². The molecule has 1 aromatic carbocycles. The van der Waals surface area contributed by atoms with Gasteiger partial charge in [0.05, 0.1) is 12.7 Å². The molecule has 0 bridgehead atoms. The first kappa shape index (κ1) is 12.0. The molecule has 1 aliphatic rings. The van der Waals surface area contributed by atoms with E-state index in [9.17, 15) is 5.11 Å². The Morgan fingerprint density at radius 2 is 1.81 bits per heavy atom. The van der Waals surface area contributed by atoms with Crippen LogP contribution in [0.4, 0.5) is 0 Å². The van der Waals surface area contributed by atoms with Gasteiger partial charge in [-0.15, -0.1) is 11.8 Å².